The third-order valence-electron chi connectivity index (χ3n) is 3.48. The van der Waals surface area contributed by atoms with Gasteiger partial charge in [0, 0.05) is 6.54 Å². The smallest absolute Gasteiger partial charge is 0.117 e. The molecular formula is C16H19NO. The first-order chi connectivity index (χ1) is 8.83. The molecule has 2 nitrogen and oxygen atoms in total. The monoisotopic (exact) mass is 241 g/mol. The van der Waals surface area contributed by atoms with Crippen molar-refractivity contribution in [1.29, 1.82) is 0 Å². The lowest BCUT2D eigenvalue weighted by atomic mass is 10.0. The van der Waals surface area contributed by atoms with Gasteiger partial charge in [0.1, 0.15) is 11.5 Å². The molecule has 1 aliphatic rings. The van der Waals surface area contributed by atoms with E-state index >= 15 is 0 Å². The van der Waals surface area contributed by atoms with Gasteiger partial charge in [-0.2, -0.15) is 0 Å². The summed E-state index contributed by atoms with van der Waals surface area (Å²) in [5, 5.41) is 3.46. The van der Waals surface area contributed by atoms with E-state index in [2.05, 4.69) is 29.6 Å². The van der Waals surface area contributed by atoms with Crippen LogP contribution in [0.15, 0.2) is 40.8 Å². The summed E-state index contributed by atoms with van der Waals surface area (Å²) >= 11 is 0. The van der Waals surface area contributed by atoms with Crippen LogP contribution in [0, 0.1) is 6.92 Å². The first-order valence-electron chi connectivity index (χ1n) is 6.67. The minimum atomic E-state index is 0.798. The van der Waals surface area contributed by atoms with Gasteiger partial charge < -0.3 is 9.73 Å². The van der Waals surface area contributed by atoms with Crippen LogP contribution in [0.25, 0.3) is 0 Å². The van der Waals surface area contributed by atoms with Gasteiger partial charge in [-0.25, -0.2) is 0 Å². The van der Waals surface area contributed by atoms with E-state index in [0.717, 1.165) is 30.5 Å². The number of nitrogens with one attached hydrogen (secondary N) is 1. The standard InChI is InChI=1S/C16H19NO/c1-12-6-9-15(18-12)11-17-10-14-4-2-3-5-16(14)13-7-8-13/h2-6,9,13,17H,7-8,10-11H2,1H3. The Labute approximate surface area is 108 Å². The number of aryl methyl sites for hydroxylation is 1. The maximum atomic E-state index is 5.55. The molecule has 0 amide bonds. The Morgan fingerprint density at radius 2 is 1.94 bits per heavy atom. The average Bonchev–Trinajstić information content (AvgIpc) is 3.14. The van der Waals surface area contributed by atoms with Gasteiger partial charge in [0.25, 0.3) is 0 Å². The van der Waals surface area contributed by atoms with Gasteiger partial charge in [-0.3, -0.25) is 0 Å². The maximum Gasteiger partial charge on any atom is 0.117 e. The minimum Gasteiger partial charge on any atom is -0.465 e. The molecule has 1 aliphatic carbocycles. The third-order valence-corrected chi connectivity index (χ3v) is 3.48. The molecule has 1 saturated carbocycles. The molecule has 1 N–H and O–H groups in total. The van der Waals surface area contributed by atoms with E-state index in [1.54, 1.807) is 0 Å². The fraction of sp³-hybridized carbons (Fsp3) is 0.375. The molecular weight excluding hydrogens is 222 g/mol. The zero-order valence-corrected chi connectivity index (χ0v) is 10.8. The Kier molecular flexibility index (Phi) is 3.20. The van der Waals surface area contributed by atoms with E-state index < -0.39 is 0 Å². The molecule has 0 spiro atoms. The quantitative estimate of drug-likeness (QED) is 0.862. The van der Waals surface area contributed by atoms with Crippen LogP contribution in [0.2, 0.25) is 0 Å². The summed E-state index contributed by atoms with van der Waals surface area (Å²) in [6, 6.07) is 12.8. The van der Waals surface area contributed by atoms with Crippen LogP contribution in [0.1, 0.15) is 41.4 Å². The molecule has 2 heteroatoms. The van der Waals surface area contributed by atoms with Crippen molar-refractivity contribution in [2.75, 3.05) is 0 Å². The highest BCUT2D eigenvalue weighted by molar-refractivity contribution is 5.33. The van der Waals surface area contributed by atoms with Crippen molar-refractivity contribution in [2.24, 2.45) is 0 Å². The maximum absolute atomic E-state index is 5.55. The van der Waals surface area contributed by atoms with Gasteiger partial charge in [0.2, 0.25) is 0 Å². The molecule has 1 aromatic heterocycles. The van der Waals surface area contributed by atoms with E-state index in [0.29, 0.717) is 0 Å². The van der Waals surface area contributed by atoms with Crippen molar-refractivity contribution in [3.8, 4) is 0 Å². The Hall–Kier alpha value is -1.54. The van der Waals surface area contributed by atoms with Crippen LogP contribution >= 0.6 is 0 Å². The van der Waals surface area contributed by atoms with Gasteiger partial charge in [-0.05, 0) is 48.9 Å². The van der Waals surface area contributed by atoms with E-state index in [9.17, 15) is 0 Å². The molecule has 94 valence electrons. The lowest BCUT2D eigenvalue weighted by Gasteiger charge is -2.09. The summed E-state index contributed by atoms with van der Waals surface area (Å²) in [5.74, 6) is 2.80. The molecule has 0 radical (unpaired) electrons. The highest BCUT2D eigenvalue weighted by Gasteiger charge is 2.25. The van der Waals surface area contributed by atoms with Gasteiger partial charge in [0.05, 0.1) is 6.54 Å². The molecule has 0 atom stereocenters. The van der Waals surface area contributed by atoms with Gasteiger partial charge in [0.15, 0.2) is 0 Å². The lowest BCUT2D eigenvalue weighted by Crippen LogP contribution is -2.13. The molecule has 0 unspecified atom stereocenters. The second-order valence-corrected chi connectivity index (χ2v) is 5.09. The van der Waals surface area contributed by atoms with Crippen LogP contribution in [0.3, 0.4) is 0 Å². The fourth-order valence-electron chi connectivity index (χ4n) is 2.39. The number of hydrogen-bond acceptors (Lipinski definition) is 2. The summed E-state index contributed by atoms with van der Waals surface area (Å²) in [6.07, 6.45) is 2.71. The summed E-state index contributed by atoms with van der Waals surface area (Å²) in [5.41, 5.74) is 2.96. The Morgan fingerprint density at radius 1 is 1.11 bits per heavy atom. The number of furan rings is 1. The zero-order valence-electron chi connectivity index (χ0n) is 10.8. The van der Waals surface area contributed by atoms with Crippen molar-refractivity contribution >= 4 is 0 Å². The molecule has 1 aromatic carbocycles. The van der Waals surface area contributed by atoms with E-state index in [1.807, 2.05) is 19.1 Å². The number of rotatable bonds is 5. The number of hydrogen-bond donors (Lipinski definition) is 1. The second-order valence-electron chi connectivity index (χ2n) is 5.09. The Balaban J connectivity index is 1.59. The van der Waals surface area contributed by atoms with Crippen molar-refractivity contribution in [3.63, 3.8) is 0 Å². The molecule has 3 rings (SSSR count). The number of benzene rings is 1. The normalized spacial score (nSPS) is 14.9. The first kappa shape index (κ1) is 11.5. The van der Waals surface area contributed by atoms with Crippen molar-refractivity contribution in [3.05, 3.63) is 59.0 Å². The highest BCUT2D eigenvalue weighted by atomic mass is 16.3. The van der Waals surface area contributed by atoms with Crippen LogP contribution in [0.4, 0.5) is 0 Å². The molecule has 1 heterocycles. The second kappa shape index (κ2) is 4.99. The Bertz CT molecular complexity index is 525. The molecule has 18 heavy (non-hydrogen) atoms. The molecule has 0 saturated heterocycles. The summed E-state index contributed by atoms with van der Waals surface area (Å²) in [4.78, 5) is 0. The first-order valence-corrected chi connectivity index (χ1v) is 6.67. The summed E-state index contributed by atoms with van der Waals surface area (Å²) in [6.45, 7) is 3.70. The largest absolute Gasteiger partial charge is 0.465 e. The van der Waals surface area contributed by atoms with E-state index in [1.165, 1.54) is 24.0 Å². The molecule has 0 bridgehead atoms. The lowest BCUT2D eigenvalue weighted by molar-refractivity contribution is 0.461. The molecule has 2 aromatic rings. The zero-order chi connectivity index (χ0) is 12.4. The van der Waals surface area contributed by atoms with E-state index in [-0.39, 0.29) is 0 Å². The predicted octanol–water partition coefficient (Wildman–Crippen LogP) is 3.76. The molecule has 0 aliphatic heterocycles. The summed E-state index contributed by atoms with van der Waals surface area (Å²) < 4.78 is 5.55. The topological polar surface area (TPSA) is 25.2 Å². The third kappa shape index (κ3) is 2.65. The highest BCUT2D eigenvalue weighted by Crippen LogP contribution is 2.41. The van der Waals surface area contributed by atoms with Crippen LogP contribution in [-0.2, 0) is 13.1 Å². The van der Waals surface area contributed by atoms with Gasteiger partial charge in [-0.1, -0.05) is 24.3 Å². The minimum absolute atomic E-state index is 0.798. The van der Waals surface area contributed by atoms with Crippen LogP contribution in [-0.4, -0.2) is 0 Å². The average molecular weight is 241 g/mol. The van der Waals surface area contributed by atoms with Gasteiger partial charge in [-0.15, -0.1) is 0 Å². The van der Waals surface area contributed by atoms with Crippen LogP contribution in [0.5, 0.6) is 0 Å². The molecule has 1 fully saturated rings. The fourth-order valence-corrected chi connectivity index (χ4v) is 2.39. The summed E-state index contributed by atoms with van der Waals surface area (Å²) in [7, 11) is 0. The SMILES string of the molecule is Cc1ccc(CNCc2ccccc2C2CC2)o1. The van der Waals surface area contributed by atoms with Crippen molar-refractivity contribution < 1.29 is 4.42 Å². The van der Waals surface area contributed by atoms with E-state index in [4.69, 9.17) is 4.42 Å². The van der Waals surface area contributed by atoms with Crippen molar-refractivity contribution in [1.82, 2.24) is 5.32 Å². The van der Waals surface area contributed by atoms with Crippen molar-refractivity contribution in [2.45, 2.75) is 38.8 Å². The van der Waals surface area contributed by atoms with Crippen LogP contribution < -0.4 is 5.32 Å². The Morgan fingerprint density at radius 3 is 2.67 bits per heavy atom. The van der Waals surface area contributed by atoms with Gasteiger partial charge >= 0.3 is 0 Å². The predicted molar refractivity (Wildman–Crippen MR) is 72.4 cm³/mol.